The molecule has 1 heterocycles. The van der Waals surface area contributed by atoms with Crippen molar-refractivity contribution in [2.75, 3.05) is 5.32 Å². The second-order valence-electron chi connectivity index (χ2n) is 6.28. The van der Waals surface area contributed by atoms with Crippen molar-refractivity contribution in [1.82, 2.24) is 0 Å². The molecule has 3 rings (SSSR count). The number of hydrogen-bond acceptors (Lipinski definition) is 4. The lowest BCUT2D eigenvalue weighted by atomic mass is 10.1. The number of para-hydroxylation sites is 1. The molecule has 1 aromatic heterocycles. The fourth-order valence-corrected chi connectivity index (χ4v) is 2.73. The fourth-order valence-electron chi connectivity index (χ4n) is 2.73. The van der Waals surface area contributed by atoms with Crippen LogP contribution in [0.25, 0.3) is 11.0 Å². The smallest absolute Gasteiger partial charge is 0.418 e. The third kappa shape index (κ3) is 4.23. The van der Waals surface area contributed by atoms with E-state index in [9.17, 15) is 27.2 Å². The highest BCUT2D eigenvalue weighted by molar-refractivity contribution is 5.99. The summed E-state index contributed by atoms with van der Waals surface area (Å²) in [6, 6.07) is 8.13. The number of furan rings is 1. The number of alkyl halides is 3. The lowest BCUT2D eigenvalue weighted by Gasteiger charge is -2.16. The molecule has 29 heavy (non-hydrogen) atoms. The minimum atomic E-state index is -4.66. The summed E-state index contributed by atoms with van der Waals surface area (Å²) in [5.74, 6) is -2.68. The van der Waals surface area contributed by atoms with Crippen molar-refractivity contribution >= 4 is 28.5 Å². The zero-order chi connectivity index (χ0) is 21.3. The molecule has 0 unspecified atom stereocenters. The lowest BCUT2D eigenvalue weighted by molar-refractivity contribution is -0.137. The van der Waals surface area contributed by atoms with Crippen LogP contribution in [-0.2, 0) is 15.7 Å². The Labute approximate surface area is 162 Å². The Bertz CT molecular complexity index is 1090. The van der Waals surface area contributed by atoms with E-state index >= 15 is 0 Å². The zero-order valence-electron chi connectivity index (χ0n) is 15.3. The highest BCUT2D eigenvalue weighted by atomic mass is 19.4. The highest BCUT2D eigenvalue weighted by Crippen LogP contribution is 2.34. The average molecular weight is 409 g/mol. The van der Waals surface area contributed by atoms with Crippen molar-refractivity contribution in [3.63, 3.8) is 0 Å². The molecule has 1 amide bonds. The number of rotatable bonds is 4. The van der Waals surface area contributed by atoms with Crippen LogP contribution in [0.15, 0.2) is 46.9 Å². The first-order valence-corrected chi connectivity index (χ1v) is 8.44. The predicted octanol–water partition coefficient (Wildman–Crippen LogP) is 5.08. The summed E-state index contributed by atoms with van der Waals surface area (Å²) in [4.78, 5) is 24.6. The normalized spacial score (nSPS) is 12.6. The van der Waals surface area contributed by atoms with Crippen LogP contribution >= 0.6 is 0 Å². The van der Waals surface area contributed by atoms with E-state index in [1.807, 2.05) is 0 Å². The Morgan fingerprint density at radius 1 is 1.14 bits per heavy atom. The maximum absolute atomic E-state index is 13.4. The Balaban J connectivity index is 1.75. The van der Waals surface area contributed by atoms with Gasteiger partial charge in [-0.25, -0.2) is 9.18 Å². The molecule has 9 heteroatoms. The molecule has 0 aliphatic heterocycles. The summed E-state index contributed by atoms with van der Waals surface area (Å²) < 4.78 is 62.8. The van der Waals surface area contributed by atoms with Crippen LogP contribution < -0.4 is 5.32 Å². The van der Waals surface area contributed by atoms with Crippen LogP contribution in [0.1, 0.15) is 28.6 Å². The molecule has 5 nitrogen and oxygen atoms in total. The summed E-state index contributed by atoms with van der Waals surface area (Å²) >= 11 is 0. The maximum atomic E-state index is 13.4. The average Bonchev–Trinajstić information content (AvgIpc) is 2.97. The van der Waals surface area contributed by atoms with Gasteiger partial charge >= 0.3 is 12.1 Å². The Morgan fingerprint density at radius 3 is 2.52 bits per heavy atom. The minimum Gasteiger partial charge on any atom is -0.449 e. The maximum Gasteiger partial charge on any atom is 0.418 e. The van der Waals surface area contributed by atoms with Crippen LogP contribution in [-0.4, -0.2) is 18.0 Å². The summed E-state index contributed by atoms with van der Waals surface area (Å²) in [6.07, 6.45) is -6.07. The van der Waals surface area contributed by atoms with E-state index in [0.29, 0.717) is 10.9 Å². The Morgan fingerprint density at radius 2 is 1.83 bits per heavy atom. The van der Waals surface area contributed by atoms with Crippen LogP contribution in [0.4, 0.5) is 23.2 Å². The molecule has 0 bridgehead atoms. The number of amides is 1. The van der Waals surface area contributed by atoms with Crippen molar-refractivity contribution in [2.45, 2.75) is 26.1 Å². The number of halogens is 4. The van der Waals surface area contributed by atoms with Crippen molar-refractivity contribution in [1.29, 1.82) is 0 Å². The molecule has 0 saturated heterocycles. The number of aryl methyl sites for hydroxylation is 1. The molecule has 0 saturated carbocycles. The van der Waals surface area contributed by atoms with Gasteiger partial charge in [0.1, 0.15) is 11.4 Å². The number of hydrogen-bond donors (Lipinski definition) is 1. The second kappa shape index (κ2) is 7.57. The first-order valence-electron chi connectivity index (χ1n) is 8.44. The molecule has 2 aromatic carbocycles. The summed E-state index contributed by atoms with van der Waals surface area (Å²) in [5.41, 5.74) is -0.906. The van der Waals surface area contributed by atoms with Gasteiger partial charge in [-0.1, -0.05) is 12.1 Å². The van der Waals surface area contributed by atoms with Gasteiger partial charge in [0.25, 0.3) is 5.91 Å². The number of carbonyl (C=O) groups is 2. The zero-order valence-corrected chi connectivity index (χ0v) is 15.3. The minimum absolute atomic E-state index is 0.221. The first kappa shape index (κ1) is 20.4. The summed E-state index contributed by atoms with van der Waals surface area (Å²) in [6.45, 7) is 2.73. The quantitative estimate of drug-likeness (QED) is 0.482. The van der Waals surface area contributed by atoms with E-state index < -0.39 is 41.2 Å². The number of carbonyl (C=O) groups excluding carboxylic acids is 2. The van der Waals surface area contributed by atoms with Crippen LogP contribution in [0, 0.1) is 12.7 Å². The van der Waals surface area contributed by atoms with Gasteiger partial charge in [0.15, 0.2) is 6.10 Å². The largest absolute Gasteiger partial charge is 0.449 e. The van der Waals surface area contributed by atoms with Crippen LogP contribution in [0.2, 0.25) is 0 Å². The van der Waals surface area contributed by atoms with E-state index in [1.54, 1.807) is 0 Å². The van der Waals surface area contributed by atoms with E-state index in [1.165, 1.54) is 38.1 Å². The Kier molecular flexibility index (Phi) is 5.32. The van der Waals surface area contributed by atoms with Gasteiger partial charge < -0.3 is 14.5 Å². The molecular weight excluding hydrogens is 394 g/mol. The highest BCUT2D eigenvalue weighted by Gasteiger charge is 2.34. The fraction of sp³-hybridized carbons (Fsp3) is 0.200. The lowest BCUT2D eigenvalue weighted by Crippen LogP contribution is -2.30. The number of esters is 1. The molecule has 0 aliphatic carbocycles. The monoisotopic (exact) mass is 409 g/mol. The molecule has 0 radical (unpaired) electrons. The number of anilines is 1. The molecular formula is C20H15F4NO4. The molecule has 3 aromatic rings. The van der Waals surface area contributed by atoms with E-state index in [2.05, 4.69) is 5.32 Å². The van der Waals surface area contributed by atoms with Crippen molar-refractivity contribution < 1.29 is 36.3 Å². The van der Waals surface area contributed by atoms with E-state index in [-0.39, 0.29) is 11.3 Å². The molecule has 0 fully saturated rings. The number of nitrogens with one attached hydrogen (secondary N) is 1. The van der Waals surface area contributed by atoms with Gasteiger partial charge in [-0.15, -0.1) is 0 Å². The molecule has 0 aliphatic rings. The number of ether oxygens (including phenoxy) is 1. The third-order valence-electron chi connectivity index (χ3n) is 4.23. The van der Waals surface area contributed by atoms with Crippen molar-refractivity contribution in [3.05, 3.63) is 65.2 Å². The van der Waals surface area contributed by atoms with Gasteiger partial charge in [0, 0.05) is 10.9 Å². The summed E-state index contributed by atoms with van der Waals surface area (Å²) in [5, 5.41) is 2.47. The number of benzene rings is 2. The Hall–Kier alpha value is -3.36. The van der Waals surface area contributed by atoms with Gasteiger partial charge in [0.05, 0.1) is 11.3 Å². The van der Waals surface area contributed by atoms with Crippen molar-refractivity contribution in [3.8, 4) is 0 Å². The molecule has 1 N–H and O–H groups in total. The van der Waals surface area contributed by atoms with Crippen molar-refractivity contribution in [2.24, 2.45) is 0 Å². The number of fused-ring (bicyclic) bond motifs is 1. The van der Waals surface area contributed by atoms with E-state index in [0.717, 1.165) is 18.2 Å². The molecule has 152 valence electrons. The topological polar surface area (TPSA) is 68.5 Å². The third-order valence-corrected chi connectivity index (χ3v) is 4.23. The summed E-state index contributed by atoms with van der Waals surface area (Å²) in [7, 11) is 0. The molecule has 1 atom stereocenters. The standard InChI is InChI=1S/C20H15F4NO4/c1-10-13-9-12(21)7-8-16(13)29-17(10)19(27)28-11(2)18(26)25-15-6-4-3-5-14(15)20(22,23)24/h3-9,11H,1-2H3,(H,25,26)/t11-/m0/s1. The van der Waals surface area contributed by atoms with Gasteiger partial charge in [0.2, 0.25) is 5.76 Å². The second-order valence-corrected chi connectivity index (χ2v) is 6.28. The van der Waals surface area contributed by atoms with Gasteiger partial charge in [-0.3, -0.25) is 4.79 Å². The first-order chi connectivity index (χ1) is 13.6. The van der Waals surface area contributed by atoms with Gasteiger partial charge in [-0.2, -0.15) is 13.2 Å². The van der Waals surface area contributed by atoms with E-state index in [4.69, 9.17) is 9.15 Å². The molecule has 0 spiro atoms. The van der Waals surface area contributed by atoms with Gasteiger partial charge in [-0.05, 0) is 44.2 Å². The predicted molar refractivity (Wildman–Crippen MR) is 95.9 cm³/mol. The van der Waals surface area contributed by atoms with Crippen LogP contribution in [0.3, 0.4) is 0 Å². The SMILES string of the molecule is Cc1c(C(=O)O[C@@H](C)C(=O)Nc2ccccc2C(F)(F)F)oc2ccc(F)cc12. The van der Waals surface area contributed by atoms with Crippen LogP contribution in [0.5, 0.6) is 0 Å².